The van der Waals surface area contributed by atoms with Crippen LogP contribution in [-0.4, -0.2) is 28.5 Å². The summed E-state index contributed by atoms with van der Waals surface area (Å²) in [5.74, 6) is 0.309. The lowest BCUT2D eigenvalue weighted by molar-refractivity contribution is 0.259. The van der Waals surface area contributed by atoms with Gasteiger partial charge >= 0.3 is 0 Å². The fourth-order valence-electron chi connectivity index (χ4n) is 1.96. The predicted octanol–water partition coefficient (Wildman–Crippen LogP) is 1.79. The number of oxime groups is 1. The molecule has 0 spiro atoms. The summed E-state index contributed by atoms with van der Waals surface area (Å²) in [6.07, 6.45) is 3.16. The Morgan fingerprint density at radius 2 is 2.06 bits per heavy atom. The second-order valence-corrected chi connectivity index (χ2v) is 4.53. The van der Waals surface area contributed by atoms with Gasteiger partial charge in [0.2, 0.25) is 0 Å². The van der Waals surface area contributed by atoms with Gasteiger partial charge < -0.3 is 10.9 Å². The minimum absolute atomic E-state index is 0.309. The van der Waals surface area contributed by atoms with Crippen molar-refractivity contribution < 1.29 is 5.21 Å². The van der Waals surface area contributed by atoms with E-state index in [1.54, 1.807) is 0 Å². The zero-order chi connectivity index (χ0) is 12.1. The molecule has 92 valence electrons. The molecule has 4 nitrogen and oxygen atoms in total. The van der Waals surface area contributed by atoms with Gasteiger partial charge in [-0.3, -0.25) is 4.90 Å². The Kier molecular flexibility index (Phi) is 3.98. The molecule has 0 atom stereocenters. The molecule has 2 rings (SSSR count). The average molecular weight is 233 g/mol. The Labute approximate surface area is 102 Å². The predicted molar refractivity (Wildman–Crippen MR) is 67.9 cm³/mol. The third kappa shape index (κ3) is 3.75. The van der Waals surface area contributed by atoms with Crippen LogP contribution in [0.5, 0.6) is 0 Å². The first-order chi connectivity index (χ1) is 8.29. The van der Waals surface area contributed by atoms with Gasteiger partial charge in [0.1, 0.15) is 5.84 Å². The number of benzene rings is 1. The van der Waals surface area contributed by atoms with Gasteiger partial charge in [-0.15, -0.1) is 0 Å². The Bertz CT molecular complexity index is 374. The van der Waals surface area contributed by atoms with E-state index in [0.29, 0.717) is 18.3 Å². The van der Waals surface area contributed by atoms with Crippen molar-refractivity contribution in [3.8, 4) is 0 Å². The van der Waals surface area contributed by atoms with Crippen molar-refractivity contribution in [2.24, 2.45) is 10.9 Å². The third-order valence-corrected chi connectivity index (χ3v) is 3.08. The van der Waals surface area contributed by atoms with E-state index in [-0.39, 0.29) is 0 Å². The third-order valence-electron chi connectivity index (χ3n) is 3.08. The number of rotatable bonds is 6. The molecule has 1 fully saturated rings. The molecule has 0 amide bonds. The molecule has 1 aromatic carbocycles. The summed E-state index contributed by atoms with van der Waals surface area (Å²) >= 11 is 0. The van der Waals surface area contributed by atoms with Crippen molar-refractivity contribution in [2.45, 2.75) is 31.8 Å². The molecule has 1 saturated carbocycles. The molecule has 0 heterocycles. The standard InChI is InChI=1S/C13H19N3O/c14-13(15-17)8-9-16(12-6-7-12)10-11-4-2-1-3-5-11/h1-5,12,17H,6-10H2,(H2,14,15). The van der Waals surface area contributed by atoms with E-state index < -0.39 is 0 Å². The lowest BCUT2D eigenvalue weighted by Gasteiger charge is -2.21. The first kappa shape index (κ1) is 11.9. The summed E-state index contributed by atoms with van der Waals surface area (Å²) in [4.78, 5) is 2.41. The summed E-state index contributed by atoms with van der Waals surface area (Å²) in [5, 5.41) is 11.6. The fraction of sp³-hybridized carbons (Fsp3) is 0.462. The molecule has 1 aliphatic rings. The first-order valence-electron chi connectivity index (χ1n) is 6.04. The molecule has 0 bridgehead atoms. The maximum Gasteiger partial charge on any atom is 0.140 e. The van der Waals surface area contributed by atoms with Crippen molar-refractivity contribution in [2.75, 3.05) is 6.54 Å². The van der Waals surface area contributed by atoms with Crippen LogP contribution in [0.2, 0.25) is 0 Å². The number of amidine groups is 1. The molecule has 0 radical (unpaired) electrons. The zero-order valence-electron chi connectivity index (χ0n) is 9.92. The minimum Gasteiger partial charge on any atom is -0.409 e. The summed E-state index contributed by atoms with van der Waals surface area (Å²) in [7, 11) is 0. The Balaban J connectivity index is 1.89. The highest BCUT2D eigenvalue weighted by atomic mass is 16.4. The van der Waals surface area contributed by atoms with Crippen molar-refractivity contribution in [1.82, 2.24) is 4.90 Å². The van der Waals surface area contributed by atoms with Gasteiger partial charge in [0.25, 0.3) is 0 Å². The quantitative estimate of drug-likeness (QED) is 0.341. The number of nitrogens with zero attached hydrogens (tertiary/aromatic N) is 2. The molecular formula is C13H19N3O. The van der Waals surface area contributed by atoms with E-state index in [2.05, 4.69) is 34.3 Å². The minimum atomic E-state index is 0.309. The summed E-state index contributed by atoms with van der Waals surface area (Å²) in [5.41, 5.74) is 6.83. The molecular weight excluding hydrogens is 214 g/mol. The number of hydrogen-bond acceptors (Lipinski definition) is 3. The molecule has 0 aliphatic heterocycles. The topological polar surface area (TPSA) is 61.8 Å². The van der Waals surface area contributed by atoms with Crippen LogP contribution in [0.4, 0.5) is 0 Å². The van der Waals surface area contributed by atoms with Crippen LogP contribution in [0.15, 0.2) is 35.5 Å². The molecule has 1 aliphatic carbocycles. The molecule has 4 heteroatoms. The molecule has 0 saturated heterocycles. The molecule has 3 N–H and O–H groups in total. The highest BCUT2D eigenvalue weighted by Gasteiger charge is 2.28. The van der Waals surface area contributed by atoms with E-state index in [1.165, 1.54) is 18.4 Å². The second-order valence-electron chi connectivity index (χ2n) is 4.53. The zero-order valence-corrected chi connectivity index (χ0v) is 9.92. The Morgan fingerprint density at radius 3 is 2.65 bits per heavy atom. The van der Waals surface area contributed by atoms with Crippen LogP contribution in [0.1, 0.15) is 24.8 Å². The lowest BCUT2D eigenvalue weighted by Crippen LogP contribution is -2.29. The molecule has 1 aromatic rings. The van der Waals surface area contributed by atoms with Gasteiger partial charge in [0, 0.05) is 25.6 Å². The van der Waals surface area contributed by atoms with Gasteiger partial charge in [-0.25, -0.2) is 0 Å². The SMILES string of the molecule is NC(CCN(Cc1ccccc1)C1CC1)=NO. The number of hydrogen-bond donors (Lipinski definition) is 2. The van der Waals surface area contributed by atoms with E-state index in [4.69, 9.17) is 10.9 Å². The monoisotopic (exact) mass is 233 g/mol. The van der Waals surface area contributed by atoms with Crippen molar-refractivity contribution in [3.05, 3.63) is 35.9 Å². The van der Waals surface area contributed by atoms with Crippen LogP contribution in [0.25, 0.3) is 0 Å². The van der Waals surface area contributed by atoms with Gasteiger partial charge in [0.05, 0.1) is 0 Å². The second kappa shape index (κ2) is 5.68. The van der Waals surface area contributed by atoms with E-state index >= 15 is 0 Å². The Morgan fingerprint density at radius 1 is 1.35 bits per heavy atom. The van der Waals surface area contributed by atoms with Gasteiger partial charge in [-0.2, -0.15) is 0 Å². The van der Waals surface area contributed by atoms with Crippen LogP contribution in [-0.2, 0) is 6.54 Å². The van der Waals surface area contributed by atoms with Crippen LogP contribution < -0.4 is 5.73 Å². The molecule has 0 unspecified atom stereocenters. The maximum atomic E-state index is 8.54. The molecule has 17 heavy (non-hydrogen) atoms. The summed E-state index contributed by atoms with van der Waals surface area (Å²) < 4.78 is 0. The van der Waals surface area contributed by atoms with Crippen molar-refractivity contribution in [3.63, 3.8) is 0 Å². The van der Waals surface area contributed by atoms with Crippen molar-refractivity contribution >= 4 is 5.84 Å². The lowest BCUT2D eigenvalue weighted by atomic mass is 10.2. The van der Waals surface area contributed by atoms with E-state index in [9.17, 15) is 0 Å². The van der Waals surface area contributed by atoms with Gasteiger partial charge in [-0.05, 0) is 18.4 Å². The van der Waals surface area contributed by atoms with Crippen LogP contribution in [0.3, 0.4) is 0 Å². The van der Waals surface area contributed by atoms with E-state index in [0.717, 1.165) is 13.1 Å². The van der Waals surface area contributed by atoms with Crippen LogP contribution in [0, 0.1) is 0 Å². The number of nitrogens with two attached hydrogens (primary N) is 1. The van der Waals surface area contributed by atoms with Gasteiger partial charge in [-0.1, -0.05) is 35.5 Å². The Hall–Kier alpha value is -1.55. The highest BCUT2D eigenvalue weighted by Crippen LogP contribution is 2.28. The van der Waals surface area contributed by atoms with E-state index in [1.807, 2.05) is 6.07 Å². The normalized spacial score (nSPS) is 16.4. The summed E-state index contributed by atoms with van der Waals surface area (Å²) in [6, 6.07) is 11.1. The summed E-state index contributed by atoms with van der Waals surface area (Å²) in [6.45, 7) is 1.81. The average Bonchev–Trinajstić information content (AvgIpc) is 3.19. The fourth-order valence-corrected chi connectivity index (χ4v) is 1.96. The van der Waals surface area contributed by atoms with Gasteiger partial charge in [0.15, 0.2) is 0 Å². The molecule has 0 aromatic heterocycles. The largest absolute Gasteiger partial charge is 0.409 e. The smallest absolute Gasteiger partial charge is 0.140 e. The van der Waals surface area contributed by atoms with Crippen molar-refractivity contribution in [1.29, 1.82) is 0 Å². The first-order valence-corrected chi connectivity index (χ1v) is 6.04. The maximum absolute atomic E-state index is 8.54. The van der Waals surface area contributed by atoms with Crippen LogP contribution >= 0.6 is 0 Å². The highest BCUT2D eigenvalue weighted by molar-refractivity contribution is 5.79.